The number of phenols is 2. The van der Waals surface area contributed by atoms with Gasteiger partial charge in [-0.25, -0.2) is 0 Å². The summed E-state index contributed by atoms with van der Waals surface area (Å²) in [4.78, 5) is 13.4. The maximum Gasteiger partial charge on any atom is 0.229 e. The van der Waals surface area contributed by atoms with Gasteiger partial charge in [0.15, 0.2) is 23.0 Å². The number of hydrogen-bond acceptors (Lipinski definition) is 13. The molecule has 0 bridgehead atoms. The van der Waals surface area contributed by atoms with Crippen LogP contribution >= 0.6 is 0 Å². The predicted molar refractivity (Wildman–Crippen MR) is 125 cm³/mol. The van der Waals surface area contributed by atoms with Crippen LogP contribution in [0.2, 0.25) is 0 Å². The van der Waals surface area contributed by atoms with Gasteiger partial charge in [-0.3, -0.25) is 4.79 Å². The quantitative estimate of drug-likeness (QED) is 0.244. The van der Waals surface area contributed by atoms with Crippen molar-refractivity contribution < 1.29 is 58.7 Å². The van der Waals surface area contributed by atoms with E-state index in [0.29, 0.717) is 0 Å². The van der Waals surface area contributed by atoms with Gasteiger partial charge in [0.25, 0.3) is 0 Å². The zero-order valence-corrected chi connectivity index (χ0v) is 19.9. The summed E-state index contributed by atoms with van der Waals surface area (Å²) in [6.07, 6.45) is -6.74. The molecular formula is C24H26O13. The molecule has 0 saturated carbocycles. The molecule has 1 aliphatic rings. The van der Waals surface area contributed by atoms with Crippen molar-refractivity contribution in [3.05, 3.63) is 34.7 Å². The van der Waals surface area contributed by atoms with Crippen LogP contribution in [0.1, 0.15) is 0 Å². The molecule has 4 rings (SSSR count). The molecule has 2 aromatic carbocycles. The van der Waals surface area contributed by atoms with E-state index >= 15 is 0 Å². The average Bonchev–Trinajstić information content (AvgIpc) is 2.88. The fraction of sp³-hybridized carbons (Fsp3) is 0.375. The van der Waals surface area contributed by atoms with E-state index in [9.17, 15) is 35.4 Å². The number of aliphatic hydroxyl groups excluding tert-OH is 4. The normalized spacial score (nSPS) is 23.6. The molecule has 5 atom stereocenters. The number of hydrogen-bond donors (Lipinski definition) is 6. The summed E-state index contributed by atoms with van der Waals surface area (Å²) in [7, 11) is 3.90. The number of ether oxygens (including phenoxy) is 5. The van der Waals surface area contributed by atoms with Crippen LogP contribution in [0.15, 0.2) is 33.7 Å². The Labute approximate surface area is 209 Å². The van der Waals surface area contributed by atoms with Crippen molar-refractivity contribution in [2.24, 2.45) is 0 Å². The fourth-order valence-corrected chi connectivity index (χ4v) is 4.10. The fourth-order valence-electron chi connectivity index (χ4n) is 4.10. The van der Waals surface area contributed by atoms with Crippen LogP contribution in [0.4, 0.5) is 0 Å². The van der Waals surface area contributed by atoms with Crippen LogP contribution in [0.5, 0.6) is 34.5 Å². The van der Waals surface area contributed by atoms with Crippen molar-refractivity contribution in [1.29, 1.82) is 0 Å². The molecular weight excluding hydrogens is 496 g/mol. The minimum absolute atomic E-state index is 0.0243. The largest absolute Gasteiger partial charge is 0.504 e. The van der Waals surface area contributed by atoms with Gasteiger partial charge >= 0.3 is 0 Å². The van der Waals surface area contributed by atoms with Gasteiger partial charge in [-0.2, -0.15) is 0 Å². The molecule has 37 heavy (non-hydrogen) atoms. The van der Waals surface area contributed by atoms with E-state index in [1.807, 2.05) is 0 Å². The minimum Gasteiger partial charge on any atom is -0.504 e. The lowest BCUT2D eigenvalue weighted by Crippen LogP contribution is -2.60. The van der Waals surface area contributed by atoms with E-state index in [1.54, 1.807) is 0 Å². The molecule has 0 aliphatic carbocycles. The molecule has 6 N–H and O–H groups in total. The van der Waals surface area contributed by atoms with Crippen molar-refractivity contribution in [3.63, 3.8) is 0 Å². The van der Waals surface area contributed by atoms with E-state index in [1.165, 1.54) is 39.5 Å². The Bertz CT molecular complexity index is 1350. The standard InChI is InChI=1S/C24H26O13/c1-32-13-5-9(4-11(26)22(13)33-2)10-8-35-12-6-14(23(34-3)19(29)16(12)17(10)27)36-24-21(31)20(30)18(28)15(7-25)37-24/h4-6,8,15,18,20-21,24-26,28-31H,7H2,1-3H3/t15-,18-,20+,21-,24+/m0/s1. The molecule has 200 valence electrons. The first kappa shape index (κ1) is 26.3. The highest BCUT2D eigenvalue weighted by Gasteiger charge is 2.45. The Morgan fingerprint density at radius 2 is 1.59 bits per heavy atom. The molecule has 2 heterocycles. The second-order valence-electron chi connectivity index (χ2n) is 8.15. The SMILES string of the molecule is COc1cc(-c2coc3cc(O[C@@H]4O[C@@H](CO)[C@H](O)[C@@H](O)[C@@H]4O)c(OC)c(O)c3c2=O)cc(O)c1OC. The Hall–Kier alpha value is -3.75. The van der Waals surface area contributed by atoms with Crippen LogP contribution in [0.3, 0.4) is 0 Å². The molecule has 3 aromatic rings. The summed E-state index contributed by atoms with van der Waals surface area (Å²) in [5, 5.41) is 60.6. The highest BCUT2D eigenvalue weighted by Crippen LogP contribution is 2.44. The smallest absolute Gasteiger partial charge is 0.229 e. The highest BCUT2D eigenvalue weighted by molar-refractivity contribution is 5.91. The summed E-state index contributed by atoms with van der Waals surface area (Å²) in [5.41, 5.74) is -0.617. The van der Waals surface area contributed by atoms with Gasteiger partial charge in [-0.1, -0.05) is 0 Å². The average molecular weight is 522 g/mol. The summed E-state index contributed by atoms with van der Waals surface area (Å²) in [6.45, 7) is -0.672. The van der Waals surface area contributed by atoms with Gasteiger partial charge in [0.05, 0.1) is 33.5 Å². The second kappa shape index (κ2) is 10.3. The van der Waals surface area contributed by atoms with Gasteiger partial charge in [0.1, 0.15) is 41.6 Å². The van der Waals surface area contributed by atoms with Crippen LogP contribution in [-0.4, -0.2) is 89.3 Å². The first-order chi connectivity index (χ1) is 17.7. The first-order valence-corrected chi connectivity index (χ1v) is 10.9. The monoisotopic (exact) mass is 522 g/mol. The Morgan fingerprint density at radius 1 is 0.892 bits per heavy atom. The summed E-state index contributed by atoms with van der Waals surface area (Å²) < 4.78 is 32.0. The first-order valence-electron chi connectivity index (χ1n) is 10.9. The Kier molecular flexibility index (Phi) is 7.34. The zero-order chi connectivity index (χ0) is 27.0. The summed E-state index contributed by atoms with van der Waals surface area (Å²) >= 11 is 0. The number of aliphatic hydroxyl groups is 4. The van der Waals surface area contributed by atoms with Crippen LogP contribution in [0.25, 0.3) is 22.1 Å². The minimum atomic E-state index is -1.73. The molecule has 0 radical (unpaired) electrons. The van der Waals surface area contributed by atoms with Crippen LogP contribution in [0, 0.1) is 0 Å². The van der Waals surface area contributed by atoms with Gasteiger partial charge < -0.3 is 58.7 Å². The number of rotatable bonds is 7. The molecule has 1 aliphatic heterocycles. The molecule has 0 amide bonds. The van der Waals surface area contributed by atoms with Gasteiger partial charge in [-0.05, 0) is 17.7 Å². The van der Waals surface area contributed by atoms with Crippen molar-refractivity contribution in [2.75, 3.05) is 27.9 Å². The van der Waals surface area contributed by atoms with Gasteiger partial charge in [0, 0.05) is 6.07 Å². The van der Waals surface area contributed by atoms with E-state index < -0.39 is 48.5 Å². The summed E-state index contributed by atoms with van der Waals surface area (Å²) in [5.74, 6) is -1.26. The lowest BCUT2D eigenvalue weighted by atomic mass is 9.99. The van der Waals surface area contributed by atoms with E-state index in [4.69, 9.17) is 28.1 Å². The van der Waals surface area contributed by atoms with Crippen molar-refractivity contribution >= 4 is 11.0 Å². The van der Waals surface area contributed by atoms with Crippen molar-refractivity contribution in [3.8, 4) is 45.6 Å². The lowest BCUT2D eigenvalue weighted by molar-refractivity contribution is -0.277. The zero-order valence-electron chi connectivity index (χ0n) is 19.9. The maximum absolute atomic E-state index is 13.4. The third-order valence-corrected chi connectivity index (χ3v) is 6.03. The predicted octanol–water partition coefficient (Wildman–Crippen LogP) is 0.0757. The highest BCUT2D eigenvalue weighted by atomic mass is 16.7. The molecule has 13 nitrogen and oxygen atoms in total. The maximum atomic E-state index is 13.4. The molecule has 0 unspecified atom stereocenters. The number of fused-ring (bicyclic) bond motifs is 1. The topological polar surface area (TPSA) is 198 Å². The second-order valence-corrected chi connectivity index (χ2v) is 8.15. The third kappa shape index (κ3) is 4.47. The van der Waals surface area contributed by atoms with Crippen molar-refractivity contribution in [2.45, 2.75) is 30.7 Å². The van der Waals surface area contributed by atoms with Crippen LogP contribution < -0.4 is 24.4 Å². The molecule has 1 fully saturated rings. The van der Waals surface area contributed by atoms with E-state index in [0.717, 1.165) is 6.26 Å². The van der Waals surface area contributed by atoms with E-state index in [2.05, 4.69) is 0 Å². The lowest BCUT2D eigenvalue weighted by Gasteiger charge is -2.39. The number of benzene rings is 2. The van der Waals surface area contributed by atoms with Crippen molar-refractivity contribution in [1.82, 2.24) is 0 Å². The molecule has 0 spiro atoms. The molecule has 13 heteroatoms. The van der Waals surface area contributed by atoms with E-state index in [-0.39, 0.29) is 50.8 Å². The van der Waals surface area contributed by atoms with Gasteiger partial charge in [0.2, 0.25) is 23.2 Å². The van der Waals surface area contributed by atoms with Gasteiger partial charge in [-0.15, -0.1) is 0 Å². The number of methoxy groups -OCH3 is 3. The number of aromatic hydroxyl groups is 2. The van der Waals surface area contributed by atoms with Crippen LogP contribution in [-0.2, 0) is 4.74 Å². The third-order valence-electron chi connectivity index (χ3n) is 6.03. The summed E-state index contributed by atoms with van der Waals surface area (Å²) in [6, 6.07) is 3.92. The molecule has 1 saturated heterocycles. The Balaban J connectivity index is 1.80. The molecule has 1 aromatic heterocycles. The number of phenolic OH excluding ortho intramolecular Hbond substituents is 2. The Morgan fingerprint density at radius 3 is 2.22 bits per heavy atom.